The van der Waals surface area contributed by atoms with Crippen LogP contribution in [0.5, 0.6) is 0 Å². The molecule has 0 nitrogen and oxygen atoms in total. The summed E-state index contributed by atoms with van der Waals surface area (Å²) in [5, 5.41) is 7.71. The van der Waals surface area contributed by atoms with Crippen molar-refractivity contribution in [1.29, 1.82) is 0 Å². The fourth-order valence-electron chi connectivity index (χ4n) is 5.72. The lowest BCUT2D eigenvalue weighted by molar-refractivity contribution is 1.51. The van der Waals surface area contributed by atoms with Crippen molar-refractivity contribution in [2.45, 2.75) is 6.92 Å². The highest BCUT2D eigenvalue weighted by molar-refractivity contribution is 6.21. The zero-order valence-electron chi connectivity index (χ0n) is 20.8. The fourth-order valence-corrected chi connectivity index (χ4v) is 5.72. The van der Waals surface area contributed by atoms with E-state index in [0.29, 0.717) is 0 Å². The van der Waals surface area contributed by atoms with E-state index in [-0.39, 0.29) is 0 Å². The van der Waals surface area contributed by atoms with Crippen molar-refractivity contribution in [3.05, 3.63) is 145 Å². The van der Waals surface area contributed by atoms with Gasteiger partial charge in [-0.15, -0.1) is 0 Å². The lowest BCUT2D eigenvalue weighted by Crippen LogP contribution is -1.92. The number of fused-ring (bicyclic) bond motifs is 3. The molecule has 0 N–H and O–H groups in total. The zero-order valence-corrected chi connectivity index (χ0v) is 20.8. The van der Waals surface area contributed by atoms with Gasteiger partial charge in [0.25, 0.3) is 0 Å². The smallest absolute Gasteiger partial charge is 0.00261 e. The normalized spacial score (nSPS) is 11.4. The highest BCUT2D eigenvalue weighted by atomic mass is 14.2. The molecule has 0 aliphatic rings. The van der Waals surface area contributed by atoms with Crippen LogP contribution in [0.2, 0.25) is 0 Å². The average molecular weight is 471 g/mol. The first kappa shape index (κ1) is 21.6. The molecule has 0 aliphatic carbocycles. The molecule has 0 aromatic heterocycles. The summed E-state index contributed by atoms with van der Waals surface area (Å²) in [6.07, 6.45) is 0. The average Bonchev–Trinajstić information content (AvgIpc) is 2.96. The Morgan fingerprint density at radius 1 is 0.324 bits per heavy atom. The van der Waals surface area contributed by atoms with E-state index < -0.39 is 0 Å². The molecule has 0 radical (unpaired) electrons. The maximum atomic E-state index is 2.36. The molecular formula is C37H26. The minimum absolute atomic E-state index is 1.24. The summed E-state index contributed by atoms with van der Waals surface area (Å²) in [6, 6.07) is 50.9. The van der Waals surface area contributed by atoms with Crippen molar-refractivity contribution in [3.63, 3.8) is 0 Å². The van der Waals surface area contributed by atoms with Gasteiger partial charge in [-0.05, 0) is 78.7 Å². The van der Waals surface area contributed by atoms with Crippen molar-refractivity contribution in [2.75, 3.05) is 0 Å². The minimum Gasteiger partial charge on any atom is -0.0622 e. The zero-order chi connectivity index (χ0) is 24.8. The second-order valence-corrected chi connectivity index (χ2v) is 9.85. The van der Waals surface area contributed by atoms with E-state index in [9.17, 15) is 0 Å². The van der Waals surface area contributed by atoms with Crippen LogP contribution in [-0.4, -0.2) is 0 Å². The van der Waals surface area contributed by atoms with Crippen LogP contribution in [0.25, 0.3) is 65.7 Å². The van der Waals surface area contributed by atoms with E-state index in [4.69, 9.17) is 0 Å². The molecule has 0 fully saturated rings. The first-order valence-electron chi connectivity index (χ1n) is 12.9. The molecule has 7 rings (SSSR count). The number of rotatable bonds is 3. The molecule has 0 aliphatic heterocycles. The van der Waals surface area contributed by atoms with Gasteiger partial charge in [0.05, 0.1) is 0 Å². The van der Waals surface area contributed by atoms with Gasteiger partial charge in [-0.2, -0.15) is 0 Å². The van der Waals surface area contributed by atoms with Crippen LogP contribution in [0.15, 0.2) is 140 Å². The number of hydrogen-bond donors (Lipinski definition) is 0. The molecule has 0 saturated carbocycles. The van der Waals surface area contributed by atoms with Crippen LogP contribution in [0, 0.1) is 6.92 Å². The molecule has 0 unspecified atom stereocenters. The summed E-state index contributed by atoms with van der Waals surface area (Å²) < 4.78 is 0. The minimum atomic E-state index is 1.24. The molecule has 0 bridgehead atoms. The van der Waals surface area contributed by atoms with Crippen LogP contribution in [-0.2, 0) is 0 Å². The van der Waals surface area contributed by atoms with Crippen LogP contribution < -0.4 is 0 Å². The molecular weight excluding hydrogens is 444 g/mol. The number of aryl methyl sites for hydroxylation is 1. The van der Waals surface area contributed by atoms with E-state index in [1.54, 1.807) is 0 Å². The van der Waals surface area contributed by atoms with Crippen molar-refractivity contribution in [1.82, 2.24) is 0 Å². The highest BCUT2D eigenvalue weighted by Gasteiger charge is 2.17. The van der Waals surface area contributed by atoms with Gasteiger partial charge in [0.2, 0.25) is 0 Å². The summed E-state index contributed by atoms with van der Waals surface area (Å²) in [4.78, 5) is 0. The first-order chi connectivity index (χ1) is 18.3. The van der Waals surface area contributed by atoms with Gasteiger partial charge in [-0.25, -0.2) is 0 Å². The maximum absolute atomic E-state index is 2.36. The first-order valence-corrected chi connectivity index (χ1v) is 12.9. The molecule has 0 heteroatoms. The van der Waals surface area contributed by atoms with Gasteiger partial charge >= 0.3 is 0 Å². The summed E-state index contributed by atoms with van der Waals surface area (Å²) in [6.45, 7) is 2.19. The molecule has 0 atom stereocenters. The van der Waals surface area contributed by atoms with Crippen LogP contribution in [0.4, 0.5) is 0 Å². The Labute approximate surface area is 217 Å². The molecule has 174 valence electrons. The molecule has 0 spiro atoms. The number of hydrogen-bond acceptors (Lipinski definition) is 0. The molecule has 0 heterocycles. The Kier molecular flexibility index (Phi) is 5.11. The van der Waals surface area contributed by atoms with Gasteiger partial charge in [0, 0.05) is 0 Å². The van der Waals surface area contributed by atoms with E-state index >= 15 is 0 Å². The fraction of sp³-hybridized carbons (Fsp3) is 0.0270. The van der Waals surface area contributed by atoms with Crippen molar-refractivity contribution in [2.24, 2.45) is 0 Å². The molecule has 7 aromatic rings. The van der Waals surface area contributed by atoms with E-state index in [1.165, 1.54) is 71.3 Å². The van der Waals surface area contributed by atoms with Crippen molar-refractivity contribution >= 4 is 32.3 Å². The van der Waals surface area contributed by atoms with Gasteiger partial charge in [0.1, 0.15) is 0 Å². The van der Waals surface area contributed by atoms with Gasteiger partial charge < -0.3 is 0 Å². The van der Waals surface area contributed by atoms with Crippen LogP contribution in [0.3, 0.4) is 0 Å². The highest BCUT2D eigenvalue weighted by Crippen LogP contribution is 2.44. The second-order valence-electron chi connectivity index (χ2n) is 9.85. The molecule has 0 saturated heterocycles. The predicted molar refractivity (Wildman–Crippen MR) is 160 cm³/mol. The SMILES string of the molecule is Cc1ccc2c(-c3ccc(-c4ccccc4)cc3)c3ccccc3c(-c3ccc4ccccc4c3)c2c1. The van der Waals surface area contributed by atoms with Gasteiger partial charge in [-0.1, -0.05) is 139 Å². The Bertz CT molecular complexity index is 1910. The predicted octanol–water partition coefficient (Wildman–Crippen LogP) is 10.5. The third-order valence-corrected chi connectivity index (χ3v) is 7.50. The Morgan fingerprint density at radius 3 is 1.62 bits per heavy atom. The van der Waals surface area contributed by atoms with Gasteiger partial charge in [-0.3, -0.25) is 0 Å². The largest absolute Gasteiger partial charge is 0.0622 e. The summed E-state index contributed by atoms with van der Waals surface area (Å²) in [5.41, 5.74) is 8.87. The van der Waals surface area contributed by atoms with Crippen LogP contribution in [0.1, 0.15) is 5.56 Å². The third kappa shape index (κ3) is 3.70. The molecule has 7 aromatic carbocycles. The standard InChI is InChI=1S/C37H26/c1-25-15-22-34-35(23-25)37(31-21-18-27-11-5-6-12-30(27)24-31)33-14-8-7-13-32(33)36(34)29-19-16-28(17-20-29)26-9-3-2-4-10-26/h2-24H,1H3. The lowest BCUT2D eigenvalue weighted by Gasteiger charge is -2.19. The monoisotopic (exact) mass is 470 g/mol. The quantitative estimate of drug-likeness (QED) is 0.225. The Hall–Kier alpha value is -4.68. The molecule has 0 amide bonds. The van der Waals surface area contributed by atoms with E-state index in [1.807, 2.05) is 0 Å². The van der Waals surface area contributed by atoms with E-state index in [0.717, 1.165) is 0 Å². The molecule has 37 heavy (non-hydrogen) atoms. The third-order valence-electron chi connectivity index (χ3n) is 7.50. The Balaban J connectivity index is 1.52. The van der Waals surface area contributed by atoms with E-state index in [2.05, 4.69) is 146 Å². The van der Waals surface area contributed by atoms with Crippen molar-refractivity contribution < 1.29 is 0 Å². The lowest BCUT2D eigenvalue weighted by atomic mass is 9.85. The Morgan fingerprint density at radius 2 is 0.865 bits per heavy atom. The van der Waals surface area contributed by atoms with Crippen molar-refractivity contribution in [3.8, 4) is 33.4 Å². The number of benzene rings is 7. The topological polar surface area (TPSA) is 0 Å². The maximum Gasteiger partial charge on any atom is -0.00261 e. The van der Waals surface area contributed by atoms with Gasteiger partial charge in [0.15, 0.2) is 0 Å². The second kappa shape index (κ2) is 8.76. The summed E-state index contributed by atoms with van der Waals surface area (Å²) in [5.74, 6) is 0. The summed E-state index contributed by atoms with van der Waals surface area (Å²) in [7, 11) is 0. The van der Waals surface area contributed by atoms with Crippen LogP contribution >= 0.6 is 0 Å². The summed E-state index contributed by atoms with van der Waals surface area (Å²) >= 11 is 0.